The fraction of sp³-hybridized carbons (Fsp3) is 0.316. The zero-order valence-corrected chi connectivity index (χ0v) is 15.5. The van der Waals surface area contributed by atoms with Crippen LogP contribution in [0.2, 0.25) is 0 Å². The third kappa shape index (κ3) is 5.98. The summed E-state index contributed by atoms with van der Waals surface area (Å²) in [6.45, 7) is 7.33. The molecular weight excluding hydrogens is 334 g/mol. The maximum Gasteiger partial charge on any atom is 0.322 e. The SMILES string of the molecule is C#C.CC.CC(C)=NN1Cc2ccccc2C(O)=C1C(=O)NCC(=O)O. The molecule has 1 heterocycles. The summed E-state index contributed by atoms with van der Waals surface area (Å²) in [6.07, 6.45) is 8.00. The summed E-state index contributed by atoms with van der Waals surface area (Å²) >= 11 is 0. The van der Waals surface area contributed by atoms with Crippen LogP contribution < -0.4 is 5.32 Å². The van der Waals surface area contributed by atoms with Crippen molar-refractivity contribution in [2.24, 2.45) is 5.10 Å². The largest absolute Gasteiger partial charge is 0.505 e. The molecule has 0 spiro atoms. The second kappa shape index (κ2) is 11.3. The highest BCUT2D eigenvalue weighted by molar-refractivity contribution is 6.01. The Morgan fingerprint density at radius 1 is 1.23 bits per heavy atom. The smallest absolute Gasteiger partial charge is 0.322 e. The number of carbonyl (C=O) groups excluding carboxylic acids is 1. The molecule has 140 valence electrons. The topological polar surface area (TPSA) is 102 Å². The van der Waals surface area contributed by atoms with Crippen molar-refractivity contribution >= 4 is 23.3 Å². The van der Waals surface area contributed by atoms with Crippen LogP contribution in [0.4, 0.5) is 0 Å². The van der Waals surface area contributed by atoms with Gasteiger partial charge in [0, 0.05) is 11.3 Å². The first-order valence-corrected chi connectivity index (χ1v) is 8.04. The highest BCUT2D eigenvalue weighted by atomic mass is 16.4. The fourth-order valence-electron chi connectivity index (χ4n) is 2.17. The molecule has 1 aromatic carbocycles. The lowest BCUT2D eigenvalue weighted by Gasteiger charge is -2.28. The van der Waals surface area contributed by atoms with Gasteiger partial charge in [0.1, 0.15) is 6.54 Å². The summed E-state index contributed by atoms with van der Waals surface area (Å²) in [5.74, 6) is -2.06. The number of carboxylic acid groups (broad SMARTS) is 1. The van der Waals surface area contributed by atoms with Gasteiger partial charge in [0.05, 0.1) is 6.54 Å². The first-order valence-electron chi connectivity index (χ1n) is 8.04. The van der Waals surface area contributed by atoms with Crippen LogP contribution in [0.25, 0.3) is 5.76 Å². The number of hydrogen-bond acceptors (Lipinski definition) is 5. The van der Waals surface area contributed by atoms with Crippen LogP contribution in [0.5, 0.6) is 0 Å². The minimum atomic E-state index is -1.16. The highest BCUT2D eigenvalue weighted by Crippen LogP contribution is 2.30. The van der Waals surface area contributed by atoms with Crippen LogP contribution >= 0.6 is 0 Å². The summed E-state index contributed by atoms with van der Waals surface area (Å²) in [4.78, 5) is 22.8. The molecule has 3 N–H and O–H groups in total. The average Bonchev–Trinajstić information content (AvgIpc) is 2.63. The van der Waals surface area contributed by atoms with E-state index in [-0.39, 0.29) is 11.5 Å². The van der Waals surface area contributed by atoms with Gasteiger partial charge in [0.2, 0.25) is 0 Å². The molecule has 1 aliphatic rings. The van der Waals surface area contributed by atoms with Gasteiger partial charge >= 0.3 is 5.97 Å². The van der Waals surface area contributed by atoms with Crippen molar-refractivity contribution in [2.45, 2.75) is 34.2 Å². The number of aliphatic carboxylic acids is 1. The maximum atomic E-state index is 12.2. The molecule has 1 amide bonds. The van der Waals surface area contributed by atoms with Crippen molar-refractivity contribution in [1.82, 2.24) is 10.3 Å². The van der Waals surface area contributed by atoms with Gasteiger partial charge in [-0.3, -0.25) is 14.6 Å². The van der Waals surface area contributed by atoms with Gasteiger partial charge in [-0.2, -0.15) is 5.10 Å². The second-order valence-corrected chi connectivity index (χ2v) is 5.04. The molecule has 0 atom stereocenters. The zero-order valence-electron chi connectivity index (χ0n) is 15.5. The van der Waals surface area contributed by atoms with Crippen molar-refractivity contribution in [3.05, 3.63) is 41.1 Å². The standard InChI is InChI=1S/C15H17N3O4.C2H6.C2H2/c1-9(2)17-18-8-10-5-3-4-6-11(10)14(21)13(18)15(22)16-7-12(19)20;2*1-2/h3-6,21H,7-8H2,1-2H3,(H,16,22)(H,19,20);1-2H3;1-2H. The van der Waals surface area contributed by atoms with Gasteiger partial charge in [0.25, 0.3) is 5.91 Å². The van der Waals surface area contributed by atoms with E-state index in [1.165, 1.54) is 5.01 Å². The Labute approximate surface area is 154 Å². The van der Waals surface area contributed by atoms with Crippen LogP contribution in [-0.4, -0.2) is 39.4 Å². The predicted octanol–water partition coefficient (Wildman–Crippen LogP) is 2.60. The van der Waals surface area contributed by atoms with Gasteiger partial charge in [0.15, 0.2) is 11.5 Å². The van der Waals surface area contributed by atoms with Gasteiger partial charge < -0.3 is 15.5 Å². The molecule has 7 heteroatoms. The summed E-state index contributed by atoms with van der Waals surface area (Å²) < 4.78 is 0. The number of nitrogens with one attached hydrogen (secondary N) is 1. The molecule has 7 nitrogen and oxygen atoms in total. The number of nitrogens with zero attached hydrogens (tertiary/aromatic N) is 2. The van der Waals surface area contributed by atoms with Crippen molar-refractivity contribution in [1.29, 1.82) is 0 Å². The Kier molecular flexibility index (Phi) is 9.89. The maximum absolute atomic E-state index is 12.2. The fourth-order valence-corrected chi connectivity index (χ4v) is 2.17. The van der Waals surface area contributed by atoms with E-state index in [0.29, 0.717) is 17.8 Å². The molecule has 0 saturated carbocycles. The monoisotopic (exact) mass is 359 g/mol. The minimum absolute atomic E-state index is 0.0545. The molecule has 0 saturated heterocycles. The number of carboxylic acids is 1. The quantitative estimate of drug-likeness (QED) is 0.566. The number of hydrogen-bond donors (Lipinski definition) is 3. The normalized spacial score (nSPS) is 11.7. The molecule has 0 aliphatic carbocycles. The Balaban J connectivity index is 0.00000146. The first kappa shape index (κ1) is 22.7. The molecular formula is C19H25N3O4. The van der Waals surface area contributed by atoms with E-state index in [4.69, 9.17) is 5.11 Å². The Bertz CT molecular complexity index is 716. The molecule has 26 heavy (non-hydrogen) atoms. The number of terminal acetylenes is 1. The summed E-state index contributed by atoms with van der Waals surface area (Å²) in [7, 11) is 0. The first-order chi connectivity index (χ1) is 12.4. The Morgan fingerprint density at radius 3 is 2.35 bits per heavy atom. The number of aliphatic hydroxyl groups is 1. The van der Waals surface area contributed by atoms with E-state index in [9.17, 15) is 14.7 Å². The van der Waals surface area contributed by atoms with Crippen LogP contribution in [-0.2, 0) is 16.1 Å². The van der Waals surface area contributed by atoms with E-state index in [2.05, 4.69) is 23.3 Å². The summed E-state index contributed by atoms with van der Waals surface area (Å²) in [5.41, 5.74) is 2.03. The number of aliphatic hydroxyl groups excluding tert-OH is 1. The van der Waals surface area contributed by atoms with Crippen molar-refractivity contribution < 1.29 is 19.8 Å². The predicted molar refractivity (Wildman–Crippen MR) is 102 cm³/mol. The molecule has 1 aliphatic heterocycles. The number of carbonyl (C=O) groups is 2. The van der Waals surface area contributed by atoms with Crippen LogP contribution in [0.1, 0.15) is 38.8 Å². The molecule has 0 unspecified atom stereocenters. The summed E-state index contributed by atoms with van der Waals surface area (Å²) in [6, 6.07) is 7.13. The molecule has 0 bridgehead atoms. The number of amides is 1. The van der Waals surface area contributed by atoms with Gasteiger partial charge in [-0.15, -0.1) is 12.8 Å². The third-order valence-corrected chi connectivity index (χ3v) is 3.01. The van der Waals surface area contributed by atoms with E-state index in [1.807, 2.05) is 26.0 Å². The number of hydrazone groups is 1. The lowest BCUT2D eigenvalue weighted by molar-refractivity contribution is -0.137. The lowest BCUT2D eigenvalue weighted by Crippen LogP contribution is -2.38. The van der Waals surface area contributed by atoms with E-state index in [0.717, 1.165) is 5.56 Å². The summed E-state index contributed by atoms with van der Waals surface area (Å²) in [5, 5.41) is 26.9. The number of rotatable bonds is 4. The van der Waals surface area contributed by atoms with Crippen molar-refractivity contribution in [3.8, 4) is 12.8 Å². The van der Waals surface area contributed by atoms with Gasteiger partial charge in [-0.1, -0.05) is 38.1 Å². The Hall–Kier alpha value is -3.27. The van der Waals surface area contributed by atoms with Gasteiger partial charge in [-0.25, -0.2) is 0 Å². The second-order valence-electron chi connectivity index (χ2n) is 5.04. The lowest BCUT2D eigenvalue weighted by atomic mass is 10.0. The number of benzene rings is 1. The van der Waals surface area contributed by atoms with Crippen molar-refractivity contribution in [2.75, 3.05) is 6.54 Å². The Morgan fingerprint density at radius 2 is 1.81 bits per heavy atom. The molecule has 0 radical (unpaired) electrons. The van der Waals surface area contributed by atoms with E-state index >= 15 is 0 Å². The average molecular weight is 359 g/mol. The van der Waals surface area contributed by atoms with Crippen LogP contribution in [0, 0.1) is 12.8 Å². The van der Waals surface area contributed by atoms with Gasteiger partial charge in [-0.05, 0) is 19.4 Å². The van der Waals surface area contributed by atoms with Crippen molar-refractivity contribution in [3.63, 3.8) is 0 Å². The zero-order chi connectivity index (χ0) is 20.3. The van der Waals surface area contributed by atoms with E-state index < -0.39 is 18.4 Å². The third-order valence-electron chi connectivity index (χ3n) is 3.01. The number of fused-ring (bicyclic) bond motifs is 1. The highest BCUT2D eigenvalue weighted by Gasteiger charge is 2.29. The van der Waals surface area contributed by atoms with Crippen LogP contribution in [0.3, 0.4) is 0 Å². The molecule has 0 fully saturated rings. The molecule has 0 aromatic heterocycles. The molecule has 2 rings (SSSR count). The molecule has 1 aromatic rings. The minimum Gasteiger partial charge on any atom is -0.505 e. The van der Waals surface area contributed by atoms with Crippen LogP contribution in [0.15, 0.2) is 35.1 Å². The van der Waals surface area contributed by atoms with E-state index in [1.54, 1.807) is 26.0 Å².